The van der Waals surface area contributed by atoms with E-state index in [0.717, 1.165) is 36.2 Å². The molecule has 8 heteroatoms. The van der Waals surface area contributed by atoms with Crippen LogP contribution in [0.5, 0.6) is 0 Å². The maximum absolute atomic E-state index is 5.08. The van der Waals surface area contributed by atoms with Gasteiger partial charge in [-0.15, -0.1) is 5.10 Å². The van der Waals surface area contributed by atoms with Crippen molar-refractivity contribution in [3.05, 3.63) is 21.8 Å². The largest absolute Gasteiger partial charge is 0.318 e. The van der Waals surface area contributed by atoms with Gasteiger partial charge >= 0.3 is 0 Å². The van der Waals surface area contributed by atoms with Crippen molar-refractivity contribution in [2.24, 2.45) is 0 Å². The molecule has 0 spiro atoms. The first-order chi connectivity index (χ1) is 7.38. The number of nitrogens with one attached hydrogen (secondary N) is 2. The van der Waals surface area contributed by atoms with E-state index in [2.05, 4.69) is 25.7 Å². The molecule has 0 aromatic carbocycles. The summed E-state index contributed by atoms with van der Waals surface area (Å²) in [7, 11) is 2.68. The molecule has 7 nitrogen and oxygen atoms in total. The van der Waals surface area contributed by atoms with Crippen LogP contribution in [0, 0.1) is 5.07 Å². The molecule has 2 N–H and O–H groups in total. The minimum atomic E-state index is 0.821. The fourth-order valence-electron chi connectivity index (χ4n) is 1.45. The summed E-state index contributed by atoms with van der Waals surface area (Å²) in [5.41, 5.74) is 1.80. The van der Waals surface area contributed by atoms with Gasteiger partial charge in [0.1, 0.15) is 18.0 Å². The van der Waals surface area contributed by atoms with Crippen LogP contribution in [0.4, 0.5) is 0 Å². The zero-order valence-corrected chi connectivity index (χ0v) is 8.82. The molecule has 0 unspecified atom stereocenters. The summed E-state index contributed by atoms with van der Waals surface area (Å²) >= 11 is 0. The molecule has 3 heterocycles. The predicted molar refractivity (Wildman–Crippen MR) is 50.3 cm³/mol. The summed E-state index contributed by atoms with van der Waals surface area (Å²) in [4.78, 5) is 6.52. The SMILES string of the molecule is CO[n+]1n[nH]c2c1=Cc1n[nH]nc1CP=2. The molecule has 1 aliphatic rings. The Kier molecular flexibility index (Phi) is 1.78. The number of hydrogen-bond acceptors (Lipinski definition) is 4. The second-order valence-corrected chi connectivity index (χ2v) is 4.10. The molecule has 0 atom stereocenters. The van der Waals surface area contributed by atoms with E-state index in [1.165, 1.54) is 4.85 Å². The Morgan fingerprint density at radius 1 is 1.53 bits per heavy atom. The third-order valence-corrected chi connectivity index (χ3v) is 3.28. The van der Waals surface area contributed by atoms with Crippen molar-refractivity contribution in [3.8, 4) is 0 Å². The van der Waals surface area contributed by atoms with Crippen LogP contribution in [0.1, 0.15) is 11.4 Å². The number of fused-ring (bicyclic) bond motifs is 2. The topological polar surface area (TPSA) is 83.4 Å². The summed E-state index contributed by atoms with van der Waals surface area (Å²) in [5.74, 6) is 0. The molecule has 15 heavy (non-hydrogen) atoms. The third kappa shape index (κ3) is 1.24. The zero-order chi connectivity index (χ0) is 10.3. The highest BCUT2D eigenvalue weighted by atomic mass is 31.1. The summed E-state index contributed by atoms with van der Waals surface area (Å²) in [6, 6.07) is 0. The minimum absolute atomic E-state index is 0.821. The maximum atomic E-state index is 5.08. The van der Waals surface area contributed by atoms with Gasteiger partial charge in [-0.3, -0.25) is 0 Å². The van der Waals surface area contributed by atoms with E-state index in [4.69, 9.17) is 4.84 Å². The Balaban J connectivity index is 2.35. The fraction of sp³-hybridized carbons (Fsp3) is 0.286. The standard InChI is InChI=1S/C7H7N6OP/c1-14-13-6-2-4-5(9-11-8-4)3-15-7(6)10-12-13/h2H,3H2,1H3,(H,8,9,11)/p+1. The first-order valence-corrected chi connectivity index (χ1v) is 5.43. The van der Waals surface area contributed by atoms with Gasteiger partial charge in [0.15, 0.2) is 0 Å². The molecule has 0 fully saturated rings. The van der Waals surface area contributed by atoms with Crippen molar-refractivity contribution < 1.29 is 9.68 Å². The van der Waals surface area contributed by atoms with E-state index in [1.807, 2.05) is 6.08 Å². The smallest absolute Gasteiger partial charge is 0.253 e. The van der Waals surface area contributed by atoms with Crippen LogP contribution in [0.25, 0.3) is 6.08 Å². The lowest BCUT2D eigenvalue weighted by molar-refractivity contribution is -0.938. The van der Waals surface area contributed by atoms with Gasteiger partial charge in [-0.05, 0) is 8.20 Å². The van der Waals surface area contributed by atoms with Crippen LogP contribution < -0.4 is 15.0 Å². The Morgan fingerprint density at radius 2 is 2.47 bits per heavy atom. The Morgan fingerprint density at radius 3 is 3.33 bits per heavy atom. The molecule has 2 aromatic rings. The monoisotopic (exact) mass is 223 g/mol. The molecular formula is C7H8N6OP+. The summed E-state index contributed by atoms with van der Waals surface area (Å²) in [6.45, 7) is 0. The molecule has 0 radical (unpaired) electrons. The number of H-pyrrole nitrogens is 2. The highest BCUT2D eigenvalue weighted by molar-refractivity contribution is 7.28. The van der Waals surface area contributed by atoms with Crippen LogP contribution in [-0.2, 0) is 6.16 Å². The van der Waals surface area contributed by atoms with Gasteiger partial charge in [-0.25, -0.2) is 0 Å². The van der Waals surface area contributed by atoms with Crippen LogP contribution in [0.2, 0.25) is 0 Å². The number of aromatic amines is 2. The quantitative estimate of drug-likeness (QED) is 0.451. The van der Waals surface area contributed by atoms with Crippen molar-refractivity contribution in [2.45, 2.75) is 6.16 Å². The molecular weight excluding hydrogens is 215 g/mol. The normalized spacial score (nSPS) is 14.2. The van der Waals surface area contributed by atoms with E-state index < -0.39 is 0 Å². The van der Waals surface area contributed by atoms with Crippen molar-refractivity contribution >= 4 is 14.3 Å². The lowest BCUT2D eigenvalue weighted by Crippen LogP contribution is -2.55. The molecule has 2 aromatic heterocycles. The van der Waals surface area contributed by atoms with Gasteiger partial charge in [0.25, 0.3) is 5.35 Å². The Bertz CT molecular complexity index is 614. The highest BCUT2D eigenvalue weighted by Gasteiger charge is 2.15. The highest BCUT2D eigenvalue weighted by Crippen LogP contribution is 2.14. The van der Waals surface area contributed by atoms with Crippen LogP contribution in [0.3, 0.4) is 0 Å². The number of nitrogens with zero attached hydrogens (tertiary/aromatic N) is 4. The van der Waals surface area contributed by atoms with Gasteiger partial charge in [0, 0.05) is 12.2 Å². The molecule has 1 aliphatic heterocycles. The molecule has 3 rings (SSSR count). The van der Waals surface area contributed by atoms with Gasteiger partial charge < -0.3 is 4.84 Å². The molecule has 0 amide bonds. The molecule has 0 saturated heterocycles. The van der Waals surface area contributed by atoms with E-state index >= 15 is 0 Å². The Hall–Kier alpha value is -1.75. The van der Waals surface area contributed by atoms with Gasteiger partial charge in [0.05, 0.1) is 10.5 Å². The predicted octanol–water partition coefficient (Wildman–Crippen LogP) is -1.59. The number of aromatic nitrogens is 6. The van der Waals surface area contributed by atoms with Gasteiger partial charge in [-0.1, -0.05) is 0 Å². The fourth-order valence-corrected chi connectivity index (χ4v) is 2.42. The van der Waals surface area contributed by atoms with E-state index in [1.54, 1.807) is 7.11 Å². The summed E-state index contributed by atoms with van der Waals surface area (Å²) in [6.07, 6.45) is 2.72. The first-order valence-electron chi connectivity index (χ1n) is 4.35. The van der Waals surface area contributed by atoms with E-state index in [0.29, 0.717) is 0 Å². The van der Waals surface area contributed by atoms with E-state index in [-0.39, 0.29) is 0 Å². The molecule has 0 bridgehead atoms. The van der Waals surface area contributed by atoms with Crippen molar-refractivity contribution in [1.82, 2.24) is 25.7 Å². The minimum Gasteiger partial charge on any atom is -0.318 e. The maximum Gasteiger partial charge on any atom is 0.253 e. The zero-order valence-electron chi connectivity index (χ0n) is 7.93. The van der Waals surface area contributed by atoms with Crippen molar-refractivity contribution in [3.63, 3.8) is 0 Å². The Labute approximate surface area is 85.5 Å². The second-order valence-electron chi connectivity index (χ2n) is 3.02. The average molecular weight is 223 g/mol. The van der Waals surface area contributed by atoms with Gasteiger partial charge in [-0.2, -0.15) is 15.4 Å². The first kappa shape index (κ1) is 8.55. The van der Waals surface area contributed by atoms with E-state index in [9.17, 15) is 0 Å². The van der Waals surface area contributed by atoms with Crippen LogP contribution >= 0.6 is 8.20 Å². The second kappa shape index (κ2) is 3.13. The van der Waals surface area contributed by atoms with Crippen molar-refractivity contribution in [2.75, 3.05) is 7.11 Å². The van der Waals surface area contributed by atoms with Crippen LogP contribution in [-0.4, -0.2) is 32.8 Å². The molecule has 76 valence electrons. The van der Waals surface area contributed by atoms with Crippen molar-refractivity contribution in [1.29, 1.82) is 0 Å². The van der Waals surface area contributed by atoms with Gasteiger partial charge in [0.2, 0.25) is 5.07 Å². The third-order valence-electron chi connectivity index (χ3n) is 2.18. The number of hydrogen-bond donors (Lipinski definition) is 2. The number of rotatable bonds is 1. The average Bonchev–Trinajstić information content (AvgIpc) is 2.81. The lowest BCUT2D eigenvalue weighted by Gasteiger charge is -1.86. The summed E-state index contributed by atoms with van der Waals surface area (Å²) in [5, 5.41) is 19.6. The molecule has 0 saturated carbocycles. The van der Waals surface area contributed by atoms with Crippen LogP contribution in [0.15, 0.2) is 0 Å². The lowest BCUT2D eigenvalue weighted by atomic mass is 10.3. The summed E-state index contributed by atoms with van der Waals surface area (Å²) < 4.78 is 0. The molecule has 0 aliphatic carbocycles.